The van der Waals surface area contributed by atoms with Gasteiger partial charge in [-0.1, -0.05) is 6.92 Å². The molecule has 0 aromatic rings. The Hall–Kier alpha value is -0.570. The van der Waals surface area contributed by atoms with Gasteiger partial charge in [0.25, 0.3) is 0 Å². The fourth-order valence-corrected chi connectivity index (χ4v) is 2.45. The smallest absolute Gasteiger partial charge is 0.239 e. The largest absolute Gasteiger partial charge is 0.341 e. The van der Waals surface area contributed by atoms with Crippen LogP contribution in [0.1, 0.15) is 32.6 Å². The second-order valence-electron chi connectivity index (χ2n) is 4.67. The van der Waals surface area contributed by atoms with Crippen LogP contribution in [-0.2, 0) is 4.79 Å². The summed E-state index contributed by atoms with van der Waals surface area (Å²) in [5.41, 5.74) is 0. The molecule has 2 saturated heterocycles. The average molecular weight is 196 g/mol. The number of rotatable bonds is 1. The molecule has 0 aromatic heterocycles. The lowest BCUT2D eigenvalue weighted by molar-refractivity contribution is -0.133. The minimum Gasteiger partial charge on any atom is -0.341 e. The SMILES string of the molecule is CC1CCNC(C(=O)N2CCCC2)C1. The summed E-state index contributed by atoms with van der Waals surface area (Å²) < 4.78 is 0. The molecule has 2 rings (SSSR count). The first-order chi connectivity index (χ1) is 6.77. The molecule has 2 fully saturated rings. The first-order valence-electron chi connectivity index (χ1n) is 5.79. The molecule has 2 aliphatic rings. The van der Waals surface area contributed by atoms with Crippen molar-refractivity contribution in [3.8, 4) is 0 Å². The van der Waals surface area contributed by atoms with Crippen molar-refractivity contribution in [3.05, 3.63) is 0 Å². The normalized spacial score (nSPS) is 33.4. The summed E-state index contributed by atoms with van der Waals surface area (Å²) in [4.78, 5) is 14.0. The Kier molecular flexibility index (Phi) is 3.06. The summed E-state index contributed by atoms with van der Waals surface area (Å²) in [5.74, 6) is 1.04. The summed E-state index contributed by atoms with van der Waals surface area (Å²) in [5, 5.41) is 3.33. The van der Waals surface area contributed by atoms with E-state index in [1.807, 2.05) is 4.90 Å². The molecular formula is C11H20N2O. The predicted octanol–water partition coefficient (Wildman–Crippen LogP) is 0.997. The van der Waals surface area contributed by atoms with Gasteiger partial charge in [-0.25, -0.2) is 0 Å². The second kappa shape index (κ2) is 4.30. The molecule has 1 amide bonds. The van der Waals surface area contributed by atoms with E-state index < -0.39 is 0 Å². The highest BCUT2D eigenvalue weighted by Crippen LogP contribution is 2.18. The van der Waals surface area contributed by atoms with Gasteiger partial charge in [0.2, 0.25) is 5.91 Å². The number of nitrogens with one attached hydrogen (secondary N) is 1. The highest BCUT2D eigenvalue weighted by Gasteiger charge is 2.29. The van der Waals surface area contributed by atoms with E-state index in [2.05, 4.69) is 12.2 Å². The van der Waals surface area contributed by atoms with Crippen molar-refractivity contribution in [1.82, 2.24) is 10.2 Å². The molecule has 0 saturated carbocycles. The van der Waals surface area contributed by atoms with E-state index >= 15 is 0 Å². The Balaban J connectivity index is 1.89. The third-order valence-electron chi connectivity index (χ3n) is 3.38. The van der Waals surface area contributed by atoms with Crippen molar-refractivity contribution in [1.29, 1.82) is 0 Å². The summed E-state index contributed by atoms with van der Waals surface area (Å²) in [6.45, 7) is 5.20. The number of nitrogens with zero attached hydrogens (tertiary/aromatic N) is 1. The van der Waals surface area contributed by atoms with E-state index in [4.69, 9.17) is 0 Å². The van der Waals surface area contributed by atoms with Gasteiger partial charge in [-0.3, -0.25) is 4.79 Å². The van der Waals surface area contributed by atoms with Gasteiger partial charge in [0.1, 0.15) is 0 Å². The molecule has 2 heterocycles. The molecule has 0 aliphatic carbocycles. The zero-order valence-corrected chi connectivity index (χ0v) is 8.96. The maximum Gasteiger partial charge on any atom is 0.239 e. The van der Waals surface area contributed by atoms with Gasteiger partial charge in [0.15, 0.2) is 0 Å². The van der Waals surface area contributed by atoms with Crippen LogP contribution < -0.4 is 5.32 Å². The fourth-order valence-electron chi connectivity index (χ4n) is 2.45. The van der Waals surface area contributed by atoms with Crippen LogP contribution in [0.25, 0.3) is 0 Å². The minimum absolute atomic E-state index is 0.108. The minimum atomic E-state index is 0.108. The lowest BCUT2D eigenvalue weighted by Crippen LogP contribution is -2.49. The van der Waals surface area contributed by atoms with E-state index in [9.17, 15) is 4.79 Å². The van der Waals surface area contributed by atoms with Gasteiger partial charge in [-0.15, -0.1) is 0 Å². The first kappa shape index (κ1) is 9.97. The molecule has 0 spiro atoms. The summed E-state index contributed by atoms with van der Waals surface area (Å²) in [7, 11) is 0. The highest BCUT2D eigenvalue weighted by molar-refractivity contribution is 5.82. The van der Waals surface area contributed by atoms with Gasteiger partial charge in [-0.2, -0.15) is 0 Å². The molecule has 3 heteroatoms. The van der Waals surface area contributed by atoms with Gasteiger partial charge in [0.05, 0.1) is 6.04 Å². The third kappa shape index (κ3) is 2.08. The second-order valence-corrected chi connectivity index (χ2v) is 4.67. The molecule has 80 valence electrons. The van der Waals surface area contributed by atoms with Crippen LogP contribution in [0.4, 0.5) is 0 Å². The van der Waals surface area contributed by atoms with Crippen LogP contribution in [0.15, 0.2) is 0 Å². The molecule has 14 heavy (non-hydrogen) atoms. The average Bonchev–Trinajstić information content (AvgIpc) is 2.69. The lowest BCUT2D eigenvalue weighted by Gasteiger charge is -2.30. The molecule has 3 nitrogen and oxygen atoms in total. The number of hydrogen-bond acceptors (Lipinski definition) is 2. The van der Waals surface area contributed by atoms with E-state index in [1.165, 1.54) is 19.3 Å². The topological polar surface area (TPSA) is 32.3 Å². The molecule has 0 radical (unpaired) electrons. The molecule has 2 aliphatic heterocycles. The van der Waals surface area contributed by atoms with Gasteiger partial charge < -0.3 is 10.2 Å². The molecular weight excluding hydrogens is 176 g/mol. The summed E-state index contributed by atoms with van der Waals surface area (Å²) in [6.07, 6.45) is 4.61. The Bertz CT molecular complexity index is 211. The monoisotopic (exact) mass is 196 g/mol. The summed E-state index contributed by atoms with van der Waals surface area (Å²) >= 11 is 0. The first-order valence-corrected chi connectivity index (χ1v) is 5.79. The van der Waals surface area contributed by atoms with Crippen molar-refractivity contribution < 1.29 is 4.79 Å². The van der Waals surface area contributed by atoms with Crippen LogP contribution in [0, 0.1) is 5.92 Å². The molecule has 0 aromatic carbocycles. The number of amides is 1. The van der Waals surface area contributed by atoms with Crippen molar-refractivity contribution in [2.24, 2.45) is 5.92 Å². The van der Waals surface area contributed by atoms with Crippen molar-refractivity contribution >= 4 is 5.91 Å². The van der Waals surface area contributed by atoms with Gasteiger partial charge in [0, 0.05) is 13.1 Å². The number of carbonyl (C=O) groups excluding carboxylic acids is 1. The van der Waals surface area contributed by atoms with Crippen LogP contribution >= 0.6 is 0 Å². The highest BCUT2D eigenvalue weighted by atomic mass is 16.2. The molecule has 2 atom stereocenters. The van der Waals surface area contributed by atoms with Gasteiger partial charge >= 0.3 is 0 Å². The van der Waals surface area contributed by atoms with Crippen LogP contribution in [0.3, 0.4) is 0 Å². The number of likely N-dealkylation sites (tertiary alicyclic amines) is 1. The lowest BCUT2D eigenvalue weighted by atomic mass is 9.93. The Morgan fingerprint density at radius 1 is 1.36 bits per heavy atom. The standard InChI is InChI=1S/C11H20N2O/c1-9-4-5-12-10(8-9)11(14)13-6-2-3-7-13/h9-10,12H,2-8H2,1H3. The Labute approximate surface area is 85.8 Å². The van der Waals surface area contributed by atoms with Crippen molar-refractivity contribution in [2.45, 2.75) is 38.6 Å². The van der Waals surface area contributed by atoms with Crippen molar-refractivity contribution in [3.63, 3.8) is 0 Å². The summed E-state index contributed by atoms with van der Waals surface area (Å²) in [6, 6.07) is 0.108. The maximum atomic E-state index is 12.0. The van der Waals surface area contributed by atoms with E-state index in [0.717, 1.165) is 26.1 Å². The van der Waals surface area contributed by atoms with E-state index in [-0.39, 0.29) is 6.04 Å². The van der Waals surface area contributed by atoms with Crippen LogP contribution in [0.5, 0.6) is 0 Å². The quantitative estimate of drug-likeness (QED) is 0.678. The number of piperidine rings is 1. The number of carbonyl (C=O) groups is 1. The fraction of sp³-hybridized carbons (Fsp3) is 0.909. The molecule has 2 unspecified atom stereocenters. The maximum absolute atomic E-state index is 12.0. The predicted molar refractivity (Wildman–Crippen MR) is 56.0 cm³/mol. The van der Waals surface area contributed by atoms with E-state index in [1.54, 1.807) is 0 Å². The molecule has 0 bridgehead atoms. The Morgan fingerprint density at radius 3 is 2.71 bits per heavy atom. The zero-order chi connectivity index (χ0) is 9.97. The third-order valence-corrected chi connectivity index (χ3v) is 3.38. The zero-order valence-electron chi connectivity index (χ0n) is 8.96. The molecule has 1 N–H and O–H groups in total. The Morgan fingerprint density at radius 2 is 2.07 bits per heavy atom. The van der Waals surface area contributed by atoms with Crippen molar-refractivity contribution in [2.75, 3.05) is 19.6 Å². The van der Waals surface area contributed by atoms with Crippen LogP contribution in [0.2, 0.25) is 0 Å². The van der Waals surface area contributed by atoms with Crippen LogP contribution in [-0.4, -0.2) is 36.5 Å². The number of hydrogen-bond donors (Lipinski definition) is 1. The van der Waals surface area contributed by atoms with E-state index in [0.29, 0.717) is 11.8 Å². The van der Waals surface area contributed by atoms with Gasteiger partial charge in [-0.05, 0) is 38.1 Å².